The molecule has 0 N–H and O–H groups in total. The summed E-state index contributed by atoms with van der Waals surface area (Å²) in [6.45, 7) is 0. The van der Waals surface area contributed by atoms with Crippen molar-refractivity contribution in [2.45, 2.75) is 30.4 Å². The van der Waals surface area contributed by atoms with E-state index in [1.54, 1.807) is 0 Å². The van der Waals surface area contributed by atoms with Crippen LogP contribution in [0.1, 0.15) is 19.3 Å². The van der Waals surface area contributed by atoms with E-state index in [9.17, 15) is 8.78 Å². The average Bonchev–Trinajstić information content (AvgIpc) is 1.86. The molecule has 1 saturated carbocycles. The van der Waals surface area contributed by atoms with Crippen molar-refractivity contribution in [3.63, 3.8) is 0 Å². The maximum absolute atomic E-state index is 12.4. The summed E-state index contributed by atoms with van der Waals surface area (Å²) in [5.41, 5.74) is 0. The predicted octanol–water partition coefficient (Wildman–Crippen LogP) is 2.37. The van der Waals surface area contributed by atoms with Crippen molar-refractivity contribution in [2.24, 2.45) is 0 Å². The zero-order valence-corrected chi connectivity index (χ0v) is 5.18. The summed E-state index contributed by atoms with van der Waals surface area (Å²) in [6.07, 6.45) is -0.275. The first-order valence-corrected chi connectivity index (χ1v) is 3.07. The summed E-state index contributed by atoms with van der Waals surface area (Å²) >= 11 is 4.29. The van der Waals surface area contributed by atoms with E-state index in [0.717, 1.165) is 0 Å². The van der Waals surface area contributed by atoms with Crippen molar-refractivity contribution >= 4 is 12.6 Å². The fraction of sp³-hybridized carbons (Fsp3) is 1.00. The van der Waals surface area contributed by atoms with Gasteiger partial charge in [-0.3, -0.25) is 0 Å². The summed E-state index contributed by atoms with van der Waals surface area (Å²) < 4.78 is 24.7. The van der Waals surface area contributed by atoms with Gasteiger partial charge in [-0.25, -0.2) is 8.78 Å². The van der Waals surface area contributed by atoms with Gasteiger partial charge in [-0.15, -0.1) is 0 Å². The second-order valence-corrected chi connectivity index (χ2v) is 2.82. The van der Waals surface area contributed by atoms with Crippen molar-refractivity contribution in [1.29, 1.82) is 0 Å². The van der Waals surface area contributed by atoms with Crippen LogP contribution in [0.4, 0.5) is 8.78 Å². The highest BCUT2D eigenvalue weighted by atomic mass is 32.1. The highest BCUT2D eigenvalue weighted by molar-refractivity contribution is 7.81. The standard InChI is InChI=1S/C5H7F2S/c6-4-2-1-3-5(4,7)8/h4H,1-3H2. The minimum absolute atomic E-state index is 0.212. The van der Waals surface area contributed by atoms with Gasteiger partial charge in [-0.2, -0.15) is 0 Å². The number of alkyl halides is 2. The van der Waals surface area contributed by atoms with Crippen molar-refractivity contribution in [3.8, 4) is 0 Å². The van der Waals surface area contributed by atoms with Crippen LogP contribution in [0.3, 0.4) is 0 Å². The lowest BCUT2D eigenvalue weighted by molar-refractivity contribution is 0.169. The molecule has 0 aromatic rings. The normalized spacial score (nSPS) is 47.6. The minimum atomic E-state index is -1.93. The van der Waals surface area contributed by atoms with Crippen molar-refractivity contribution in [2.75, 3.05) is 0 Å². The first-order chi connectivity index (χ1) is 3.63. The molecule has 1 radical (unpaired) electrons. The van der Waals surface area contributed by atoms with Gasteiger partial charge in [-0.1, -0.05) is 0 Å². The highest BCUT2D eigenvalue weighted by Crippen LogP contribution is 2.38. The van der Waals surface area contributed by atoms with Gasteiger partial charge in [0.05, 0.1) is 0 Å². The molecule has 47 valence electrons. The largest absolute Gasteiger partial charge is 0.243 e. The molecule has 0 spiro atoms. The second-order valence-electron chi connectivity index (χ2n) is 2.15. The van der Waals surface area contributed by atoms with E-state index in [2.05, 4.69) is 12.6 Å². The molecule has 0 amide bonds. The first kappa shape index (κ1) is 6.33. The Morgan fingerprint density at radius 3 is 2.38 bits per heavy atom. The summed E-state index contributed by atoms with van der Waals surface area (Å²) in [4.78, 5) is 0. The van der Waals surface area contributed by atoms with Gasteiger partial charge < -0.3 is 0 Å². The zero-order valence-electron chi connectivity index (χ0n) is 4.36. The molecule has 1 aliphatic rings. The molecule has 1 fully saturated rings. The minimum Gasteiger partial charge on any atom is -0.243 e. The Balaban J connectivity index is 2.54. The lowest BCUT2D eigenvalue weighted by atomic mass is 10.3. The van der Waals surface area contributed by atoms with Gasteiger partial charge in [0.1, 0.15) is 6.17 Å². The van der Waals surface area contributed by atoms with E-state index in [4.69, 9.17) is 0 Å². The van der Waals surface area contributed by atoms with E-state index in [1.807, 2.05) is 0 Å². The van der Waals surface area contributed by atoms with Crippen LogP contribution in [0.15, 0.2) is 0 Å². The van der Waals surface area contributed by atoms with Crippen LogP contribution in [0.25, 0.3) is 0 Å². The molecular formula is C5H7F2S. The molecule has 2 atom stereocenters. The summed E-state index contributed by atoms with van der Waals surface area (Å²) in [6, 6.07) is 0. The van der Waals surface area contributed by atoms with Gasteiger partial charge in [0, 0.05) is 0 Å². The molecule has 0 nitrogen and oxygen atoms in total. The molecule has 3 heteroatoms. The number of hydrogen-bond donors (Lipinski definition) is 0. The van der Waals surface area contributed by atoms with E-state index < -0.39 is 11.2 Å². The summed E-state index contributed by atoms with van der Waals surface area (Å²) in [5, 5.41) is -1.93. The summed E-state index contributed by atoms with van der Waals surface area (Å²) in [5.74, 6) is 0. The molecule has 1 aliphatic carbocycles. The highest BCUT2D eigenvalue weighted by Gasteiger charge is 2.41. The lowest BCUT2D eigenvalue weighted by Crippen LogP contribution is -2.20. The maximum atomic E-state index is 12.4. The van der Waals surface area contributed by atoms with Gasteiger partial charge in [0.2, 0.25) is 0 Å². The van der Waals surface area contributed by atoms with Gasteiger partial charge in [-0.05, 0) is 31.9 Å². The van der Waals surface area contributed by atoms with Crippen LogP contribution < -0.4 is 0 Å². The van der Waals surface area contributed by atoms with Crippen molar-refractivity contribution in [3.05, 3.63) is 0 Å². The quantitative estimate of drug-likeness (QED) is 0.481. The monoisotopic (exact) mass is 137 g/mol. The summed E-state index contributed by atoms with van der Waals surface area (Å²) in [7, 11) is 0. The first-order valence-electron chi connectivity index (χ1n) is 2.66. The van der Waals surface area contributed by atoms with Crippen LogP contribution in [0.5, 0.6) is 0 Å². The van der Waals surface area contributed by atoms with Crippen LogP contribution in [-0.2, 0) is 0 Å². The molecule has 0 aromatic carbocycles. The van der Waals surface area contributed by atoms with Crippen molar-refractivity contribution < 1.29 is 8.78 Å². The number of hydrogen-bond acceptors (Lipinski definition) is 0. The molecule has 8 heavy (non-hydrogen) atoms. The zero-order chi connectivity index (χ0) is 6.20. The molecule has 0 heterocycles. The number of halogens is 2. The smallest absolute Gasteiger partial charge is 0.196 e. The Kier molecular flexibility index (Phi) is 1.48. The SMILES string of the molecule is FC1CCCC1(F)[S]. The van der Waals surface area contributed by atoms with E-state index in [0.29, 0.717) is 12.8 Å². The maximum Gasteiger partial charge on any atom is 0.196 e. The van der Waals surface area contributed by atoms with Crippen molar-refractivity contribution in [1.82, 2.24) is 0 Å². The Morgan fingerprint density at radius 1 is 1.62 bits per heavy atom. The van der Waals surface area contributed by atoms with Gasteiger partial charge in [0.25, 0.3) is 0 Å². The average molecular weight is 137 g/mol. The molecule has 1 rings (SSSR count). The Labute approximate surface area is 52.7 Å². The second kappa shape index (κ2) is 1.87. The lowest BCUT2D eigenvalue weighted by Gasteiger charge is -2.11. The third-order valence-corrected chi connectivity index (χ3v) is 1.90. The van der Waals surface area contributed by atoms with E-state index in [1.165, 1.54) is 0 Å². The van der Waals surface area contributed by atoms with Gasteiger partial charge in [0.15, 0.2) is 5.00 Å². The Morgan fingerprint density at radius 2 is 2.25 bits per heavy atom. The number of rotatable bonds is 0. The molecule has 0 aromatic heterocycles. The topological polar surface area (TPSA) is 0 Å². The molecule has 0 bridgehead atoms. The third kappa shape index (κ3) is 0.966. The van der Waals surface area contributed by atoms with Gasteiger partial charge >= 0.3 is 0 Å². The molecule has 0 aliphatic heterocycles. The Hall–Kier alpha value is 0.210. The van der Waals surface area contributed by atoms with E-state index in [-0.39, 0.29) is 6.42 Å². The Bertz CT molecular complexity index is 92.4. The molecule has 2 unspecified atom stereocenters. The third-order valence-electron chi connectivity index (χ3n) is 1.44. The molecule has 0 saturated heterocycles. The van der Waals surface area contributed by atoms with Crippen LogP contribution >= 0.6 is 12.6 Å². The fourth-order valence-corrected chi connectivity index (χ4v) is 1.16. The predicted molar refractivity (Wildman–Crippen MR) is 30.2 cm³/mol. The fourth-order valence-electron chi connectivity index (χ4n) is 0.894. The van der Waals surface area contributed by atoms with Crippen LogP contribution in [0, 0.1) is 0 Å². The van der Waals surface area contributed by atoms with E-state index >= 15 is 0 Å². The van der Waals surface area contributed by atoms with Crippen LogP contribution in [0.2, 0.25) is 0 Å². The molecular weight excluding hydrogens is 130 g/mol. The van der Waals surface area contributed by atoms with Crippen LogP contribution in [-0.4, -0.2) is 11.2 Å².